The number of carbonyl (C=O) groups excluding carboxylic acids is 2. The predicted molar refractivity (Wildman–Crippen MR) is 143 cm³/mol. The van der Waals surface area contributed by atoms with Gasteiger partial charge in [0.15, 0.2) is 9.84 Å². The first-order chi connectivity index (χ1) is 18.8. The molecule has 40 heavy (non-hydrogen) atoms. The molecule has 1 atom stereocenters. The first-order valence-electron chi connectivity index (χ1n) is 11.9. The van der Waals surface area contributed by atoms with Gasteiger partial charge in [-0.25, -0.2) is 8.42 Å². The van der Waals surface area contributed by atoms with Gasteiger partial charge in [-0.05, 0) is 35.0 Å². The van der Waals surface area contributed by atoms with Crippen molar-refractivity contribution in [2.24, 2.45) is 5.16 Å². The molecule has 0 saturated carbocycles. The van der Waals surface area contributed by atoms with Crippen LogP contribution in [0.5, 0.6) is 0 Å². The van der Waals surface area contributed by atoms with Crippen LogP contribution in [0, 0.1) is 0 Å². The highest BCUT2D eigenvalue weighted by atomic mass is 35.5. The highest BCUT2D eigenvalue weighted by Crippen LogP contribution is 2.50. The van der Waals surface area contributed by atoms with Crippen LogP contribution in [0.1, 0.15) is 27.9 Å². The maximum Gasteiger partial charge on any atom is 0.435 e. The molecular weight excluding hydrogens is 594 g/mol. The zero-order chi connectivity index (χ0) is 28.9. The molecule has 0 bridgehead atoms. The van der Waals surface area contributed by atoms with Crippen LogP contribution >= 0.6 is 23.2 Å². The number of nitrogens with zero attached hydrogens (tertiary/aromatic N) is 1. The molecule has 2 N–H and O–H groups in total. The lowest BCUT2D eigenvalue weighted by Gasteiger charge is -2.29. The number of oxime groups is 1. The van der Waals surface area contributed by atoms with Crippen LogP contribution in [0.15, 0.2) is 59.8 Å². The molecule has 5 rings (SSSR count). The zero-order valence-electron chi connectivity index (χ0n) is 20.4. The second-order valence-corrected chi connectivity index (χ2v) is 12.5. The summed E-state index contributed by atoms with van der Waals surface area (Å²) in [6, 6.07) is 12.6. The van der Waals surface area contributed by atoms with E-state index < -0.39 is 45.9 Å². The second kappa shape index (κ2) is 10.2. The van der Waals surface area contributed by atoms with Crippen LogP contribution in [0.2, 0.25) is 10.0 Å². The molecule has 3 aromatic carbocycles. The van der Waals surface area contributed by atoms with Gasteiger partial charge in [-0.3, -0.25) is 9.59 Å². The third-order valence-electron chi connectivity index (χ3n) is 6.68. The molecule has 210 valence electrons. The van der Waals surface area contributed by atoms with Crippen molar-refractivity contribution in [3.05, 3.63) is 81.3 Å². The molecule has 0 spiro atoms. The molecule has 3 aromatic rings. The molecule has 0 aliphatic carbocycles. The summed E-state index contributed by atoms with van der Waals surface area (Å²) in [5.74, 6) is -1.43. The number of halogens is 5. The molecular formula is C26H20Cl2F3N3O5S. The second-order valence-electron chi connectivity index (χ2n) is 9.52. The van der Waals surface area contributed by atoms with Crippen molar-refractivity contribution in [3.63, 3.8) is 0 Å². The van der Waals surface area contributed by atoms with Gasteiger partial charge in [-0.15, -0.1) is 0 Å². The van der Waals surface area contributed by atoms with Crippen molar-refractivity contribution in [1.29, 1.82) is 0 Å². The lowest BCUT2D eigenvalue weighted by molar-refractivity contribution is -0.275. The van der Waals surface area contributed by atoms with Gasteiger partial charge in [0.25, 0.3) is 11.5 Å². The van der Waals surface area contributed by atoms with Crippen molar-refractivity contribution in [2.75, 3.05) is 18.1 Å². The van der Waals surface area contributed by atoms with Gasteiger partial charge in [0, 0.05) is 33.2 Å². The van der Waals surface area contributed by atoms with Crippen molar-refractivity contribution >= 4 is 61.3 Å². The topological polar surface area (TPSA) is 114 Å². The summed E-state index contributed by atoms with van der Waals surface area (Å²) < 4.78 is 65.8. The van der Waals surface area contributed by atoms with E-state index >= 15 is 0 Å². The molecule has 2 heterocycles. The Morgan fingerprint density at radius 1 is 1.02 bits per heavy atom. The largest absolute Gasteiger partial charge is 0.435 e. The van der Waals surface area contributed by atoms with Gasteiger partial charge in [0.2, 0.25) is 5.91 Å². The quantitative estimate of drug-likeness (QED) is 0.428. The van der Waals surface area contributed by atoms with Crippen LogP contribution in [-0.2, 0) is 25.1 Å². The Kier molecular flexibility index (Phi) is 7.22. The maximum absolute atomic E-state index is 14.4. The van der Waals surface area contributed by atoms with Crippen molar-refractivity contribution in [3.8, 4) is 0 Å². The minimum Gasteiger partial charge on any atom is -0.374 e. The van der Waals surface area contributed by atoms with Crippen LogP contribution < -0.4 is 10.6 Å². The third kappa shape index (κ3) is 5.35. The van der Waals surface area contributed by atoms with Gasteiger partial charge in [-0.1, -0.05) is 58.7 Å². The van der Waals surface area contributed by atoms with Crippen LogP contribution in [0.4, 0.5) is 13.2 Å². The number of hydrogen-bond acceptors (Lipinski definition) is 6. The Morgan fingerprint density at radius 2 is 1.68 bits per heavy atom. The Morgan fingerprint density at radius 3 is 2.30 bits per heavy atom. The van der Waals surface area contributed by atoms with E-state index in [0.29, 0.717) is 16.3 Å². The summed E-state index contributed by atoms with van der Waals surface area (Å²) in [4.78, 5) is 30.2. The SMILES string of the molecule is O=C(CNC(=O)c1ccc(C2=NOC(c3cc(Cl)cc(Cl)c3)(C(F)(F)F)C2)c2ccccc12)NC1CS(=O)(=O)C1. The third-order valence-corrected chi connectivity index (χ3v) is 8.94. The molecule has 8 nitrogen and oxygen atoms in total. The fourth-order valence-electron chi connectivity index (χ4n) is 4.77. The molecule has 1 fully saturated rings. The lowest BCUT2D eigenvalue weighted by atomic mass is 9.85. The fraction of sp³-hybridized carbons (Fsp3) is 0.269. The average molecular weight is 614 g/mol. The van der Waals surface area contributed by atoms with Gasteiger partial charge in [0.05, 0.1) is 29.8 Å². The smallest absolute Gasteiger partial charge is 0.374 e. The van der Waals surface area contributed by atoms with Crippen molar-refractivity contribution < 1.29 is 36.0 Å². The summed E-state index contributed by atoms with van der Waals surface area (Å²) in [7, 11) is -3.12. The van der Waals surface area contributed by atoms with Crippen molar-refractivity contribution in [2.45, 2.75) is 24.2 Å². The van der Waals surface area contributed by atoms with Gasteiger partial charge >= 0.3 is 6.18 Å². The van der Waals surface area contributed by atoms with Crippen LogP contribution in [-0.4, -0.2) is 56.2 Å². The van der Waals surface area contributed by atoms with E-state index in [2.05, 4.69) is 15.8 Å². The van der Waals surface area contributed by atoms with E-state index in [1.807, 2.05) is 0 Å². The summed E-state index contributed by atoms with van der Waals surface area (Å²) in [5.41, 5.74) is -2.60. The molecule has 1 unspecified atom stereocenters. The molecule has 2 aliphatic rings. The Bertz CT molecular complexity index is 1650. The Balaban J connectivity index is 1.39. The standard InChI is InChI=1S/C26H20Cl2F3N3O5S/c27-15-7-14(8-16(28)9-15)25(26(29,30)31)10-22(34-39-25)20-5-6-21(19-4-2-1-3-18(19)20)24(36)32-11-23(35)33-17-12-40(37,38)13-17/h1-9,17H,10-13H2,(H,32,36)(H,33,35). The molecule has 0 aromatic heterocycles. The Hall–Kier alpha value is -3.35. The number of amides is 2. The Labute approximate surface area is 236 Å². The molecule has 2 amide bonds. The fourth-order valence-corrected chi connectivity index (χ4v) is 6.59. The number of hydrogen-bond donors (Lipinski definition) is 2. The molecule has 2 aliphatic heterocycles. The first kappa shape index (κ1) is 28.2. The molecule has 1 saturated heterocycles. The van der Waals surface area contributed by atoms with E-state index in [-0.39, 0.29) is 44.9 Å². The average Bonchev–Trinajstić information content (AvgIpc) is 3.32. The number of rotatable bonds is 6. The number of benzene rings is 3. The van der Waals surface area contributed by atoms with Gasteiger partial charge < -0.3 is 15.5 Å². The van der Waals surface area contributed by atoms with E-state index in [1.165, 1.54) is 18.2 Å². The van der Waals surface area contributed by atoms with Crippen LogP contribution in [0.25, 0.3) is 10.8 Å². The maximum atomic E-state index is 14.4. The van der Waals surface area contributed by atoms with E-state index in [1.54, 1.807) is 24.3 Å². The highest BCUT2D eigenvalue weighted by molar-refractivity contribution is 7.92. The monoisotopic (exact) mass is 613 g/mol. The summed E-state index contributed by atoms with van der Waals surface area (Å²) in [5, 5.41) is 9.72. The van der Waals surface area contributed by atoms with E-state index in [9.17, 15) is 31.2 Å². The molecule has 0 radical (unpaired) electrons. The number of carbonyl (C=O) groups is 2. The normalized spacial score (nSPS) is 20.4. The lowest BCUT2D eigenvalue weighted by Crippen LogP contribution is -2.54. The number of sulfone groups is 1. The van der Waals surface area contributed by atoms with E-state index in [4.69, 9.17) is 28.0 Å². The number of alkyl halides is 3. The minimum absolute atomic E-state index is 0.00593. The minimum atomic E-state index is -4.87. The van der Waals surface area contributed by atoms with Gasteiger partial charge in [-0.2, -0.15) is 13.2 Å². The number of fused-ring (bicyclic) bond motifs is 1. The first-order valence-corrected chi connectivity index (χ1v) is 14.4. The highest BCUT2D eigenvalue weighted by Gasteiger charge is 2.62. The predicted octanol–water partition coefficient (Wildman–Crippen LogP) is 4.37. The van der Waals surface area contributed by atoms with Crippen molar-refractivity contribution in [1.82, 2.24) is 10.6 Å². The molecule has 14 heteroatoms. The zero-order valence-corrected chi connectivity index (χ0v) is 22.7. The van der Waals surface area contributed by atoms with E-state index in [0.717, 1.165) is 12.1 Å². The van der Waals surface area contributed by atoms with Crippen LogP contribution in [0.3, 0.4) is 0 Å². The summed E-state index contributed by atoms with van der Waals surface area (Å²) in [6.45, 7) is -0.387. The summed E-state index contributed by atoms with van der Waals surface area (Å²) in [6.07, 6.45) is -5.54. The summed E-state index contributed by atoms with van der Waals surface area (Å²) >= 11 is 12.0. The van der Waals surface area contributed by atoms with Gasteiger partial charge in [0.1, 0.15) is 0 Å². The number of nitrogens with one attached hydrogen (secondary N) is 2.